The van der Waals surface area contributed by atoms with Gasteiger partial charge >= 0.3 is 0 Å². The van der Waals surface area contributed by atoms with Crippen LogP contribution in [0.2, 0.25) is 0 Å². The van der Waals surface area contributed by atoms with Crippen LogP contribution in [0.1, 0.15) is 48.9 Å². The van der Waals surface area contributed by atoms with Crippen molar-refractivity contribution in [1.29, 1.82) is 0 Å². The van der Waals surface area contributed by atoms with E-state index < -0.39 is 0 Å². The van der Waals surface area contributed by atoms with E-state index in [2.05, 4.69) is 205 Å². The first-order valence-corrected chi connectivity index (χ1v) is 19.6. The molecule has 7 aromatic carbocycles. The Bertz CT molecular complexity index is 2590. The first-order chi connectivity index (χ1) is 27.6. The minimum absolute atomic E-state index is 0.0668. The quantitative estimate of drug-likeness (QED) is 0.132. The van der Waals surface area contributed by atoms with Crippen molar-refractivity contribution in [3.05, 3.63) is 211 Å². The Labute approximate surface area is 330 Å². The van der Waals surface area contributed by atoms with Crippen molar-refractivity contribution in [2.45, 2.75) is 32.1 Å². The van der Waals surface area contributed by atoms with Crippen molar-refractivity contribution in [3.63, 3.8) is 0 Å². The van der Waals surface area contributed by atoms with Gasteiger partial charge in [0.05, 0.1) is 5.69 Å². The van der Waals surface area contributed by atoms with E-state index in [0.29, 0.717) is 0 Å². The maximum absolute atomic E-state index is 4.62. The van der Waals surface area contributed by atoms with Crippen molar-refractivity contribution in [1.82, 2.24) is 9.97 Å². The van der Waals surface area contributed by atoms with Crippen LogP contribution in [0.4, 0.5) is 17.1 Å². The fourth-order valence-electron chi connectivity index (χ4n) is 8.59. The van der Waals surface area contributed by atoms with E-state index in [1.807, 2.05) is 12.1 Å². The molecule has 1 aromatic heterocycles. The molecule has 0 N–H and O–H groups in total. The van der Waals surface area contributed by atoms with Crippen LogP contribution in [0.5, 0.6) is 0 Å². The second-order valence-corrected chi connectivity index (χ2v) is 14.5. The number of nitrogens with zero attached hydrogens (tertiary/aromatic N) is 3. The van der Waals surface area contributed by atoms with E-state index in [4.69, 9.17) is 0 Å². The Morgan fingerprint density at radius 3 is 1.68 bits per heavy atom. The molecule has 3 nitrogen and oxygen atoms in total. The molecule has 0 unspecified atom stereocenters. The summed E-state index contributed by atoms with van der Waals surface area (Å²) >= 11 is 0. The molecule has 1 heterocycles. The summed E-state index contributed by atoms with van der Waals surface area (Å²) in [6.07, 6.45) is 9.97. The van der Waals surface area contributed by atoms with Gasteiger partial charge in [0.1, 0.15) is 6.33 Å². The number of anilines is 3. The molecule has 0 atom stereocenters. The lowest BCUT2D eigenvalue weighted by molar-refractivity contribution is 0.490. The van der Waals surface area contributed by atoms with Gasteiger partial charge < -0.3 is 4.90 Å². The molecule has 8 aromatic rings. The Balaban J connectivity index is 1.02. The van der Waals surface area contributed by atoms with Gasteiger partial charge in [-0.15, -0.1) is 0 Å². The van der Waals surface area contributed by atoms with Gasteiger partial charge in [0.15, 0.2) is 0 Å². The topological polar surface area (TPSA) is 29.0 Å². The SMILES string of the molecule is CCC1(CC)c2cc(/C=C/c3ccc(-c4ccc(-c5ccccc5)cc4-c4ccncn4)cc3)ccc2-c2ccc(N(c3ccccc3)c3ccccc3)cc21. The maximum atomic E-state index is 4.62. The fourth-order valence-corrected chi connectivity index (χ4v) is 8.59. The number of benzene rings is 7. The molecule has 3 heteroatoms. The van der Waals surface area contributed by atoms with Crippen molar-refractivity contribution >= 4 is 29.2 Å². The molecule has 0 spiro atoms. The summed E-state index contributed by atoms with van der Waals surface area (Å²) in [4.78, 5) is 11.2. The molecule has 0 radical (unpaired) electrons. The summed E-state index contributed by atoms with van der Waals surface area (Å²) in [5, 5.41) is 0. The van der Waals surface area contributed by atoms with E-state index in [9.17, 15) is 0 Å². The summed E-state index contributed by atoms with van der Waals surface area (Å²) in [6.45, 7) is 4.69. The van der Waals surface area contributed by atoms with E-state index in [-0.39, 0.29) is 5.41 Å². The van der Waals surface area contributed by atoms with E-state index in [0.717, 1.165) is 57.7 Å². The summed E-state index contributed by atoms with van der Waals surface area (Å²) in [6, 6.07) is 63.5. The first-order valence-electron chi connectivity index (χ1n) is 19.6. The number of hydrogen-bond donors (Lipinski definition) is 0. The molecule has 1 aliphatic carbocycles. The molecule has 0 aliphatic heterocycles. The molecule has 0 fully saturated rings. The normalized spacial score (nSPS) is 12.7. The average Bonchev–Trinajstić information content (AvgIpc) is 3.55. The van der Waals surface area contributed by atoms with Crippen LogP contribution < -0.4 is 4.90 Å². The molecular weight excluding hydrogens is 679 g/mol. The van der Waals surface area contributed by atoms with Crippen molar-refractivity contribution in [2.24, 2.45) is 0 Å². The zero-order chi connectivity index (χ0) is 37.9. The highest BCUT2D eigenvalue weighted by molar-refractivity contribution is 5.88. The van der Waals surface area contributed by atoms with Gasteiger partial charge in [-0.05, 0) is 117 Å². The fraction of sp³-hybridized carbons (Fsp3) is 0.0943. The number of aromatic nitrogens is 2. The van der Waals surface area contributed by atoms with Crippen LogP contribution >= 0.6 is 0 Å². The molecule has 1 aliphatic rings. The Hall–Kier alpha value is -6.84. The number of fused-ring (bicyclic) bond motifs is 3. The summed E-state index contributed by atoms with van der Waals surface area (Å²) in [5.41, 5.74) is 18.0. The second-order valence-electron chi connectivity index (χ2n) is 14.5. The highest BCUT2D eigenvalue weighted by Gasteiger charge is 2.41. The van der Waals surface area contributed by atoms with Gasteiger partial charge in [0.25, 0.3) is 0 Å². The van der Waals surface area contributed by atoms with Crippen LogP contribution in [-0.2, 0) is 5.41 Å². The summed E-state index contributed by atoms with van der Waals surface area (Å²) < 4.78 is 0. The smallest absolute Gasteiger partial charge is 0.116 e. The number of hydrogen-bond acceptors (Lipinski definition) is 3. The van der Waals surface area contributed by atoms with Crippen molar-refractivity contribution in [2.75, 3.05) is 4.90 Å². The molecule has 9 rings (SSSR count). The van der Waals surface area contributed by atoms with E-state index in [1.165, 1.54) is 39.1 Å². The molecule has 56 heavy (non-hydrogen) atoms. The molecule has 0 saturated carbocycles. The Morgan fingerprint density at radius 1 is 0.464 bits per heavy atom. The predicted molar refractivity (Wildman–Crippen MR) is 235 cm³/mol. The predicted octanol–water partition coefficient (Wildman–Crippen LogP) is 14.2. The summed E-state index contributed by atoms with van der Waals surface area (Å²) in [7, 11) is 0. The average molecular weight is 722 g/mol. The molecule has 0 amide bonds. The largest absolute Gasteiger partial charge is 0.310 e. The highest BCUT2D eigenvalue weighted by Crippen LogP contribution is 2.54. The molecule has 0 saturated heterocycles. The van der Waals surface area contributed by atoms with Gasteiger partial charge in [-0.2, -0.15) is 0 Å². The number of para-hydroxylation sites is 2. The standard InChI is InChI=1S/C53H43N3/c1-3-53(4-2)50-34-39(24-29-47(50)48-31-28-45(36-51(48)53)56(43-16-10-6-11-17-43)44-18-12-7-13-19-44)21-20-38-22-25-41(26-23-38)46-30-27-42(40-14-8-5-9-15-40)35-49(46)52-32-33-54-37-55-52/h5-37H,3-4H2,1-2H3/b21-20+. The monoisotopic (exact) mass is 721 g/mol. The third kappa shape index (κ3) is 6.41. The van der Waals surface area contributed by atoms with Gasteiger partial charge in [-0.1, -0.05) is 153 Å². The lowest BCUT2D eigenvalue weighted by atomic mass is 9.73. The number of rotatable bonds is 10. The molecule has 270 valence electrons. The first kappa shape index (κ1) is 34.9. The van der Waals surface area contributed by atoms with E-state index >= 15 is 0 Å². The highest BCUT2D eigenvalue weighted by atomic mass is 15.1. The zero-order valence-electron chi connectivity index (χ0n) is 31.8. The zero-order valence-corrected chi connectivity index (χ0v) is 31.8. The Kier molecular flexibility index (Phi) is 9.42. The van der Waals surface area contributed by atoms with E-state index in [1.54, 1.807) is 12.5 Å². The maximum Gasteiger partial charge on any atom is 0.116 e. The lowest BCUT2D eigenvalue weighted by Crippen LogP contribution is -2.23. The molecule has 0 bridgehead atoms. The van der Waals surface area contributed by atoms with Gasteiger partial charge in [-0.25, -0.2) is 9.97 Å². The minimum atomic E-state index is -0.0668. The molecular formula is C53H43N3. The van der Waals surface area contributed by atoms with Crippen LogP contribution in [0.15, 0.2) is 188 Å². The van der Waals surface area contributed by atoms with Crippen LogP contribution in [0, 0.1) is 0 Å². The third-order valence-electron chi connectivity index (χ3n) is 11.5. The van der Waals surface area contributed by atoms with Crippen LogP contribution in [-0.4, -0.2) is 9.97 Å². The van der Waals surface area contributed by atoms with Gasteiger partial charge in [-0.3, -0.25) is 0 Å². The van der Waals surface area contributed by atoms with Crippen LogP contribution in [0.25, 0.3) is 56.8 Å². The van der Waals surface area contributed by atoms with Crippen molar-refractivity contribution < 1.29 is 0 Å². The van der Waals surface area contributed by atoms with Gasteiger partial charge in [0, 0.05) is 34.2 Å². The minimum Gasteiger partial charge on any atom is -0.310 e. The van der Waals surface area contributed by atoms with Crippen molar-refractivity contribution in [3.8, 4) is 44.6 Å². The third-order valence-corrected chi connectivity index (χ3v) is 11.5. The van der Waals surface area contributed by atoms with Gasteiger partial charge in [0.2, 0.25) is 0 Å². The lowest BCUT2D eigenvalue weighted by Gasteiger charge is -2.32. The second kappa shape index (κ2) is 15.1. The summed E-state index contributed by atoms with van der Waals surface area (Å²) in [5.74, 6) is 0. The van der Waals surface area contributed by atoms with Crippen LogP contribution in [0.3, 0.4) is 0 Å². The Morgan fingerprint density at radius 2 is 1.04 bits per heavy atom.